The fourth-order valence-electron chi connectivity index (χ4n) is 1.56. The van der Waals surface area contributed by atoms with Crippen molar-refractivity contribution in [2.75, 3.05) is 0 Å². The number of hydrogen-bond donors (Lipinski definition) is 1. The van der Waals surface area contributed by atoms with Crippen LogP contribution in [0.3, 0.4) is 0 Å². The Kier molecular flexibility index (Phi) is 3.83. The molecule has 0 amide bonds. The fourth-order valence-corrected chi connectivity index (χ4v) is 2.13. The lowest BCUT2D eigenvalue weighted by Crippen LogP contribution is -2.21. The van der Waals surface area contributed by atoms with Crippen LogP contribution in [0.25, 0.3) is 0 Å². The van der Waals surface area contributed by atoms with Crippen LogP contribution in [-0.2, 0) is 10.0 Å². The average molecular weight is 267 g/mol. The molecule has 96 valence electrons. The molecule has 0 aliphatic rings. The van der Waals surface area contributed by atoms with Gasteiger partial charge in [-0.3, -0.25) is 0 Å². The second kappa shape index (κ2) is 4.66. The summed E-state index contributed by atoms with van der Waals surface area (Å²) in [7, 11) is -3.98. The minimum atomic E-state index is -4.40. The summed E-state index contributed by atoms with van der Waals surface area (Å²) in [4.78, 5) is -0.308. The van der Waals surface area contributed by atoms with Gasteiger partial charge in [0, 0.05) is 0 Å². The van der Waals surface area contributed by atoms with Crippen LogP contribution >= 0.6 is 0 Å². The minimum absolute atomic E-state index is 0.0912. The second-order valence-corrected chi connectivity index (χ2v) is 5.18. The van der Waals surface area contributed by atoms with E-state index in [0.717, 1.165) is 6.07 Å². The normalized spacial score (nSPS) is 14.6. The van der Waals surface area contributed by atoms with E-state index in [1.165, 1.54) is 25.1 Å². The van der Waals surface area contributed by atoms with Gasteiger partial charge in [0.2, 0.25) is 10.0 Å². The molecule has 1 rings (SSSR count). The van der Waals surface area contributed by atoms with Gasteiger partial charge in [-0.05, 0) is 24.1 Å². The lowest BCUT2D eigenvalue weighted by molar-refractivity contribution is -0.151. The first-order valence-electron chi connectivity index (χ1n) is 4.85. The molecule has 0 aliphatic carbocycles. The van der Waals surface area contributed by atoms with Crippen LogP contribution in [0.5, 0.6) is 0 Å². The molecule has 2 N–H and O–H groups in total. The van der Waals surface area contributed by atoms with Gasteiger partial charge < -0.3 is 0 Å². The van der Waals surface area contributed by atoms with Gasteiger partial charge in [0.05, 0.1) is 10.8 Å². The number of sulfonamides is 1. The van der Waals surface area contributed by atoms with Gasteiger partial charge in [-0.1, -0.05) is 19.1 Å². The van der Waals surface area contributed by atoms with Crippen molar-refractivity contribution in [2.45, 2.75) is 30.3 Å². The molecule has 3 nitrogen and oxygen atoms in total. The molecule has 1 unspecified atom stereocenters. The first kappa shape index (κ1) is 14.0. The minimum Gasteiger partial charge on any atom is -0.225 e. The molecule has 1 aromatic carbocycles. The Balaban J connectivity index is 3.24. The van der Waals surface area contributed by atoms with Crippen molar-refractivity contribution < 1.29 is 21.6 Å². The van der Waals surface area contributed by atoms with Crippen LogP contribution in [0.15, 0.2) is 29.2 Å². The number of alkyl halides is 3. The van der Waals surface area contributed by atoms with Gasteiger partial charge >= 0.3 is 6.18 Å². The van der Waals surface area contributed by atoms with Crippen LogP contribution in [0.2, 0.25) is 0 Å². The summed E-state index contributed by atoms with van der Waals surface area (Å²) in [6.45, 7) is 1.39. The summed E-state index contributed by atoms with van der Waals surface area (Å²) in [5, 5.41) is 4.87. The van der Waals surface area contributed by atoms with Gasteiger partial charge in [-0.2, -0.15) is 13.2 Å². The molecule has 1 aromatic rings. The molecule has 0 saturated carbocycles. The molecule has 0 aromatic heterocycles. The van der Waals surface area contributed by atoms with Gasteiger partial charge in [0.1, 0.15) is 0 Å². The molecule has 17 heavy (non-hydrogen) atoms. The molecule has 0 spiro atoms. The van der Waals surface area contributed by atoms with Crippen molar-refractivity contribution in [3.63, 3.8) is 0 Å². The van der Waals surface area contributed by atoms with Gasteiger partial charge in [-0.15, -0.1) is 0 Å². The van der Waals surface area contributed by atoms with E-state index in [0.29, 0.717) is 0 Å². The Hall–Kier alpha value is -1.08. The zero-order valence-corrected chi connectivity index (χ0v) is 9.85. The number of benzene rings is 1. The molecular formula is C10H12F3NO2S. The molecular weight excluding hydrogens is 255 g/mol. The first-order chi connectivity index (χ1) is 7.66. The van der Waals surface area contributed by atoms with E-state index in [-0.39, 0.29) is 16.9 Å². The molecule has 0 radical (unpaired) electrons. The Morgan fingerprint density at radius 3 is 2.35 bits per heavy atom. The monoisotopic (exact) mass is 267 g/mol. The third-order valence-corrected chi connectivity index (χ3v) is 3.30. The lowest BCUT2D eigenvalue weighted by Gasteiger charge is -2.19. The van der Waals surface area contributed by atoms with E-state index in [9.17, 15) is 21.6 Å². The van der Waals surface area contributed by atoms with Crippen molar-refractivity contribution in [2.24, 2.45) is 5.14 Å². The van der Waals surface area contributed by atoms with Gasteiger partial charge in [0.25, 0.3) is 0 Å². The average Bonchev–Trinajstić information content (AvgIpc) is 2.15. The van der Waals surface area contributed by atoms with Crippen LogP contribution in [0.4, 0.5) is 13.2 Å². The van der Waals surface area contributed by atoms with Crippen molar-refractivity contribution in [1.29, 1.82) is 0 Å². The summed E-state index contributed by atoms with van der Waals surface area (Å²) in [6, 6.07) is 4.64. The fraction of sp³-hybridized carbons (Fsp3) is 0.400. The van der Waals surface area contributed by atoms with E-state index in [2.05, 4.69) is 0 Å². The Morgan fingerprint density at radius 1 is 1.35 bits per heavy atom. The summed E-state index contributed by atoms with van der Waals surface area (Å²) in [6.07, 6.45) is -4.55. The Bertz CT molecular complexity index is 497. The summed E-state index contributed by atoms with van der Waals surface area (Å²) >= 11 is 0. The molecule has 1 atom stereocenters. The first-order valence-corrected chi connectivity index (χ1v) is 6.40. The number of hydrogen-bond acceptors (Lipinski definition) is 2. The van der Waals surface area contributed by atoms with E-state index in [1.54, 1.807) is 0 Å². The molecule has 0 heterocycles. The maximum Gasteiger partial charge on any atom is 0.395 e. The molecule has 7 heteroatoms. The molecule has 0 saturated heterocycles. The highest BCUT2D eigenvalue weighted by Crippen LogP contribution is 2.37. The third kappa shape index (κ3) is 3.44. The molecule has 0 fully saturated rings. The van der Waals surface area contributed by atoms with Crippen LogP contribution in [0, 0.1) is 0 Å². The van der Waals surface area contributed by atoms with E-state index >= 15 is 0 Å². The predicted molar refractivity (Wildman–Crippen MR) is 56.9 cm³/mol. The molecule has 0 aliphatic heterocycles. The van der Waals surface area contributed by atoms with Crippen LogP contribution < -0.4 is 5.14 Å². The van der Waals surface area contributed by atoms with Crippen molar-refractivity contribution >= 4 is 10.0 Å². The topological polar surface area (TPSA) is 60.2 Å². The van der Waals surface area contributed by atoms with Crippen LogP contribution in [0.1, 0.15) is 24.8 Å². The Labute approximate surface area is 97.5 Å². The van der Waals surface area contributed by atoms with Crippen molar-refractivity contribution in [1.82, 2.24) is 0 Å². The van der Waals surface area contributed by atoms with E-state index in [4.69, 9.17) is 5.14 Å². The lowest BCUT2D eigenvalue weighted by atomic mass is 9.96. The molecule has 0 bridgehead atoms. The maximum atomic E-state index is 12.7. The Morgan fingerprint density at radius 2 is 1.94 bits per heavy atom. The second-order valence-electron chi connectivity index (χ2n) is 3.62. The third-order valence-electron chi connectivity index (χ3n) is 2.39. The van der Waals surface area contributed by atoms with E-state index < -0.39 is 22.1 Å². The number of halogens is 3. The highest BCUT2D eigenvalue weighted by atomic mass is 32.2. The van der Waals surface area contributed by atoms with Crippen LogP contribution in [-0.4, -0.2) is 14.6 Å². The smallest absolute Gasteiger partial charge is 0.225 e. The number of primary sulfonamides is 1. The number of nitrogens with two attached hydrogens (primary N) is 1. The summed E-state index contributed by atoms with van der Waals surface area (Å²) in [5.74, 6) is -1.68. The summed E-state index contributed by atoms with van der Waals surface area (Å²) < 4.78 is 60.0. The highest BCUT2D eigenvalue weighted by molar-refractivity contribution is 7.89. The van der Waals surface area contributed by atoms with Gasteiger partial charge in [-0.25, -0.2) is 13.6 Å². The largest absolute Gasteiger partial charge is 0.395 e. The maximum absolute atomic E-state index is 12.7. The highest BCUT2D eigenvalue weighted by Gasteiger charge is 2.39. The zero-order valence-electron chi connectivity index (χ0n) is 9.03. The zero-order chi connectivity index (χ0) is 13.3. The van der Waals surface area contributed by atoms with Crippen molar-refractivity contribution in [3.05, 3.63) is 29.8 Å². The quantitative estimate of drug-likeness (QED) is 0.914. The SMILES string of the molecule is CCC(c1cccc(S(N)(=O)=O)c1)C(F)(F)F. The van der Waals surface area contributed by atoms with Crippen molar-refractivity contribution in [3.8, 4) is 0 Å². The van der Waals surface area contributed by atoms with E-state index in [1.807, 2.05) is 0 Å². The van der Waals surface area contributed by atoms with Gasteiger partial charge in [0.15, 0.2) is 0 Å². The standard InChI is InChI=1S/C10H12F3NO2S/c1-2-9(10(11,12)13)7-4-3-5-8(6-7)17(14,15)16/h3-6,9H,2H2,1H3,(H2,14,15,16). The predicted octanol–water partition coefficient (Wildman–Crippen LogP) is 2.39. The summed E-state index contributed by atoms with van der Waals surface area (Å²) in [5.41, 5.74) is -0.0912. The number of rotatable bonds is 3.